The van der Waals surface area contributed by atoms with E-state index in [1.54, 1.807) is 30.6 Å². The highest BCUT2D eigenvalue weighted by Crippen LogP contribution is 2.38. The molecule has 0 spiro atoms. The van der Waals surface area contributed by atoms with Crippen LogP contribution >= 0.6 is 0 Å². The highest BCUT2D eigenvalue weighted by Gasteiger charge is 2.17. The predicted molar refractivity (Wildman–Crippen MR) is 113 cm³/mol. The molecule has 3 heterocycles. The molecule has 0 saturated heterocycles. The van der Waals surface area contributed by atoms with E-state index in [0.717, 1.165) is 27.8 Å². The molecule has 29 heavy (non-hydrogen) atoms. The van der Waals surface area contributed by atoms with Crippen molar-refractivity contribution >= 4 is 22.8 Å². The summed E-state index contributed by atoms with van der Waals surface area (Å²) < 4.78 is 13.4. The van der Waals surface area contributed by atoms with Crippen LogP contribution in [0.2, 0.25) is 0 Å². The number of nitrogens with one attached hydrogen (secondary N) is 2. The quantitative estimate of drug-likeness (QED) is 0.480. The maximum Gasteiger partial charge on any atom is 0.225 e. The van der Waals surface area contributed by atoms with Gasteiger partial charge < -0.3 is 10.3 Å². The lowest BCUT2D eigenvalue weighted by Crippen LogP contribution is -2.14. The van der Waals surface area contributed by atoms with Gasteiger partial charge in [0.2, 0.25) is 5.91 Å². The molecule has 3 aromatic heterocycles. The average Bonchev–Trinajstić information content (AvgIpc) is 3.07. The molecular weight excluding hydrogens is 367 g/mol. The summed E-state index contributed by atoms with van der Waals surface area (Å²) in [7, 11) is 0. The van der Waals surface area contributed by atoms with E-state index in [-0.39, 0.29) is 17.6 Å². The number of halogens is 1. The smallest absolute Gasteiger partial charge is 0.225 e. The minimum atomic E-state index is -0.288. The number of carbonyl (C=O) groups is 1. The lowest BCUT2D eigenvalue weighted by atomic mass is 10.00. The van der Waals surface area contributed by atoms with Crippen LogP contribution in [0.15, 0.2) is 60.9 Å². The van der Waals surface area contributed by atoms with E-state index >= 15 is 0 Å². The van der Waals surface area contributed by atoms with Gasteiger partial charge in [0, 0.05) is 29.8 Å². The second-order valence-corrected chi connectivity index (χ2v) is 7.36. The number of nitrogens with zero attached hydrogens (tertiary/aromatic N) is 2. The van der Waals surface area contributed by atoms with Gasteiger partial charge in [-0.1, -0.05) is 13.8 Å². The Kier molecular flexibility index (Phi) is 5.08. The number of H-pyrrole nitrogens is 1. The van der Waals surface area contributed by atoms with Gasteiger partial charge in [-0.3, -0.25) is 9.78 Å². The molecule has 4 rings (SSSR count). The lowest BCUT2D eigenvalue weighted by molar-refractivity contribution is -0.116. The number of amides is 1. The van der Waals surface area contributed by atoms with E-state index in [1.807, 2.05) is 32.0 Å². The molecule has 4 aromatic rings. The number of aromatic nitrogens is 3. The number of carbonyl (C=O) groups excluding carboxylic acids is 1. The van der Waals surface area contributed by atoms with Crippen LogP contribution in [0.5, 0.6) is 0 Å². The van der Waals surface area contributed by atoms with Gasteiger partial charge in [0.15, 0.2) is 0 Å². The number of fused-ring (bicyclic) bond motifs is 1. The van der Waals surface area contributed by atoms with Gasteiger partial charge in [-0.25, -0.2) is 9.37 Å². The summed E-state index contributed by atoms with van der Waals surface area (Å²) in [6, 6.07) is 13.9. The Morgan fingerprint density at radius 1 is 1.03 bits per heavy atom. The maximum atomic E-state index is 13.4. The van der Waals surface area contributed by atoms with Crippen molar-refractivity contribution in [1.29, 1.82) is 0 Å². The second-order valence-electron chi connectivity index (χ2n) is 7.36. The van der Waals surface area contributed by atoms with Gasteiger partial charge in [-0.05, 0) is 65.6 Å². The first-order chi connectivity index (χ1) is 14.0. The largest absolute Gasteiger partial charge is 0.339 e. The monoisotopic (exact) mass is 388 g/mol. The fraction of sp³-hybridized carbons (Fsp3) is 0.174. The number of anilines is 1. The summed E-state index contributed by atoms with van der Waals surface area (Å²) in [5, 5.41) is 3.77. The fourth-order valence-corrected chi connectivity index (χ4v) is 3.36. The number of aromatic amines is 1. The Morgan fingerprint density at radius 3 is 2.45 bits per heavy atom. The highest BCUT2D eigenvalue weighted by molar-refractivity contribution is 6.03. The van der Waals surface area contributed by atoms with Crippen LogP contribution in [-0.2, 0) is 4.79 Å². The van der Waals surface area contributed by atoms with E-state index in [1.165, 1.54) is 12.1 Å². The SMILES string of the molecule is CC(C)CC(=O)Nc1ccc2c(-c3ccncc3)c(-c3ccc(F)cc3)[nH]c2n1. The summed E-state index contributed by atoms with van der Waals surface area (Å²) in [6.45, 7) is 3.99. The van der Waals surface area contributed by atoms with Crippen molar-refractivity contribution in [3.05, 3.63) is 66.7 Å². The van der Waals surface area contributed by atoms with Crippen LogP contribution in [0.4, 0.5) is 10.2 Å². The molecule has 0 bridgehead atoms. The van der Waals surface area contributed by atoms with Crippen LogP contribution in [0.25, 0.3) is 33.4 Å². The zero-order chi connectivity index (χ0) is 20.4. The molecule has 0 fully saturated rings. The Morgan fingerprint density at radius 2 is 1.76 bits per heavy atom. The summed E-state index contributed by atoms with van der Waals surface area (Å²) in [5.41, 5.74) is 4.27. The number of benzene rings is 1. The zero-order valence-corrected chi connectivity index (χ0v) is 16.2. The first kappa shape index (κ1) is 18.8. The van der Waals surface area contributed by atoms with E-state index in [0.29, 0.717) is 17.9 Å². The number of rotatable bonds is 5. The predicted octanol–water partition coefficient (Wildman–Crippen LogP) is 5.42. The Hall–Kier alpha value is -3.54. The Labute approximate surface area is 168 Å². The molecular formula is C23H21FN4O. The first-order valence-electron chi connectivity index (χ1n) is 9.50. The number of hydrogen-bond donors (Lipinski definition) is 2. The normalized spacial score (nSPS) is 11.2. The van der Waals surface area contributed by atoms with Crippen LogP contribution in [0, 0.1) is 11.7 Å². The van der Waals surface area contributed by atoms with Crippen LogP contribution < -0.4 is 5.32 Å². The average molecular weight is 388 g/mol. The van der Waals surface area contributed by atoms with Crippen LogP contribution in [0.3, 0.4) is 0 Å². The van der Waals surface area contributed by atoms with Gasteiger partial charge in [0.25, 0.3) is 0 Å². The van der Waals surface area contributed by atoms with Crippen molar-refractivity contribution in [1.82, 2.24) is 15.0 Å². The molecule has 2 N–H and O–H groups in total. The van der Waals surface area contributed by atoms with Crippen molar-refractivity contribution < 1.29 is 9.18 Å². The maximum absolute atomic E-state index is 13.4. The molecule has 0 atom stereocenters. The van der Waals surface area contributed by atoms with Crippen molar-refractivity contribution in [2.45, 2.75) is 20.3 Å². The van der Waals surface area contributed by atoms with Crippen LogP contribution in [-0.4, -0.2) is 20.9 Å². The minimum Gasteiger partial charge on any atom is -0.339 e. The summed E-state index contributed by atoms with van der Waals surface area (Å²) in [4.78, 5) is 24.1. The van der Waals surface area contributed by atoms with E-state index in [4.69, 9.17) is 0 Å². The minimum absolute atomic E-state index is 0.0634. The zero-order valence-electron chi connectivity index (χ0n) is 16.2. The highest BCUT2D eigenvalue weighted by atomic mass is 19.1. The molecule has 1 aromatic carbocycles. The third-order valence-corrected chi connectivity index (χ3v) is 4.62. The van der Waals surface area contributed by atoms with E-state index in [2.05, 4.69) is 20.3 Å². The summed E-state index contributed by atoms with van der Waals surface area (Å²) >= 11 is 0. The van der Waals surface area contributed by atoms with Crippen LogP contribution in [0.1, 0.15) is 20.3 Å². The van der Waals surface area contributed by atoms with Gasteiger partial charge in [0.05, 0.1) is 5.69 Å². The van der Waals surface area contributed by atoms with E-state index in [9.17, 15) is 9.18 Å². The lowest BCUT2D eigenvalue weighted by Gasteiger charge is -2.07. The Bertz CT molecular complexity index is 1150. The van der Waals surface area contributed by atoms with Gasteiger partial charge in [-0.15, -0.1) is 0 Å². The molecule has 146 valence electrons. The second kappa shape index (κ2) is 7.83. The van der Waals surface area contributed by atoms with E-state index < -0.39 is 0 Å². The van der Waals surface area contributed by atoms with Crippen molar-refractivity contribution in [3.63, 3.8) is 0 Å². The van der Waals surface area contributed by atoms with Gasteiger partial charge in [0.1, 0.15) is 17.3 Å². The molecule has 0 aliphatic rings. The summed E-state index contributed by atoms with van der Waals surface area (Å²) in [5.74, 6) is 0.416. The Balaban J connectivity index is 1.82. The third-order valence-electron chi connectivity index (χ3n) is 4.62. The van der Waals surface area contributed by atoms with Gasteiger partial charge >= 0.3 is 0 Å². The molecule has 0 aliphatic heterocycles. The fourth-order valence-electron chi connectivity index (χ4n) is 3.36. The standard InChI is InChI=1S/C23H21FN4O/c1-14(2)13-20(29)26-19-8-7-18-21(15-9-11-25-12-10-15)22(28-23(18)27-19)16-3-5-17(24)6-4-16/h3-12,14H,13H2,1-2H3,(H2,26,27,28,29). The molecule has 6 heteroatoms. The molecule has 0 radical (unpaired) electrons. The number of hydrogen-bond acceptors (Lipinski definition) is 3. The summed E-state index contributed by atoms with van der Waals surface area (Å²) in [6.07, 6.45) is 3.90. The molecule has 5 nitrogen and oxygen atoms in total. The number of pyridine rings is 2. The molecule has 0 unspecified atom stereocenters. The first-order valence-corrected chi connectivity index (χ1v) is 9.50. The van der Waals surface area contributed by atoms with Crippen molar-refractivity contribution in [3.8, 4) is 22.4 Å². The topological polar surface area (TPSA) is 70.7 Å². The van der Waals surface area contributed by atoms with Crippen molar-refractivity contribution in [2.75, 3.05) is 5.32 Å². The molecule has 1 amide bonds. The molecule has 0 saturated carbocycles. The van der Waals surface area contributed by atoms with Crippen molar-refractivity contribution in [2.24, 2.45) is 5.92 Å². The third kappa shape index (κ3) is 4.01. The molecule has 0 aliphatic carbocycles. The van der Waals surface area contributed by atoms with Gasteiger partial charge in [-0.2, -0.15) is 0 Å².